The average Bonchev–Trinajstić information content (AvgIpc) is 2.54. The number of aliphatic hydroxyl groups is 1. The molecule has 0 amide bonds. The number of hydrogen-bond donors (Lipinski definition) is 2. The second kappa shape index (κ2) is 5.66. The van der Waals surface area contributed by atoms with Crippen LogP contribution >= 0.6 is 0 Å². The third-order valence-corrected chi connectivity index (χ3v) is 3.18. The van der Waals surface area contributed by atoms with Gasteiger partial charge in [-0.1, -0.05) is 42.5 Å². The molecule has 2 aromatic rings. The van der Waals surface area contributed by atoms with Crippen molar-refractivity contribution in [2.24, 2.45) is 5.73 Å². The lowest BCUT2D eigenvalue weighted by molar-refractivity contribution is 0.0343. The molecule has 0 aliphatic heterocycles. The highest BCUT2D eigenvalue weighted by Crippen LogP contribution is 2.25. The number of nitrogens with zero attached hydrogens (tertiary/aromatic N) is 1. The van der Waals surface area contributed by atoms with Gasteiger partial charge in [-0.15, -0.1) is 0 Å². The van der Waals surface area contributed by atoms with E-state index >= 15 is 0 Å². The smallest absolute Gasteiger partial charge is 0.200 e. The van der Waals surface area contributed by atoms with Crippen LogP contribution in [0.3, 0.4) is 0 Å². The zero-order valence-corrected chi connectivity index (χ0v) is 10.8. The quantitative estimate of drug-likeness (QED) is 0.823. The lowest BCUT2D eigenvalue weighted by Crippen LogP contribution is -2.43. The summed E-state index contributed by atoms with van der Waals surface area (Å²) in [5, 5.41) is 19.5. The number of carbonyl (C=O) groups is 1. The summed E-state index contributed by atoms with van der Waals surface area (Å²) in [7, 11) is 0. The molecular weight excluding hydrogens is 252 g/mol. The average molecular weight is 266 g/mol. The highest BCUT2D eigenvalue weighted by molar-refractivity contribution is 6.03. The molecule has 4 heteroatoms. The van der Waals surface area contributed by atoms with Gasteiger partial charge in [0, 0.05) is 12.1 Å². The van der Waals surface area contributed by atoms with Crippen LogP contribution in [0.1, 0.15) is 21.5 Å². The zero-order valence-electron chi connectivity index (χ0n) is 10.8. The van der Waals surface area contributed by atoms with E-state index < -0.39 is 11.4 Å². The van der Waals surface area contributed by atoms with Gasteiger partial charge in [0.05, 0.1) is 11.6 Å². The molecule has 0 aliphatic rings. The van der Waals surface area contributed by atoms with Crippen LogP contribution in [-0.2, 0) is 5.60 Å². The molecule has 0 saturated heterocycles. The van der Waals surface area contributed by atoms with E-state index in [0.29, 0.717) is 11.1 Å². The lowest BCUT2D eigenvalue weighted by atomic mass is 9.85. The number of ketones is 1. The van der Waals surface area contributed by atoms with E-state index in [1.807, 2.05) is 6.07 Å². The van der Waals surface area contributed by atoms with Crippen LogP contribution in [0.25, 0.3) is 0 Å². The third kappa shape index (κ3) is 2.45. The van der Waals surface area contributed by atoms with Crippen molar-refractivity contribution >= 4 is 5.78 Å². The molecule has 2 aromatic carbocycles. The van der Waals surface area contributed by atoms with E-state index in [9.17, 15) is 9.90 Å². The van der Waals surface area contributed by atoms with Gasteiger partial charge in [0.15, 0.2) is 11.4 Å². The Labute approximate surface area is 117 Å². The van der Waals surface area contributed by atoms with Crippen LogP contribution in [0.2, 0.25) is 0 Å². The van der Waals surface area contributed by atoms with Crippen molar-refractivity contribution in [2.75, 3.05) is 6.54 Å². The molecule has 20 heavy (non-hydrogen) atoms. The molecule has 1 atom stereocenters. The van der Waals surface area contributed by atoms with Gasteiger partial charge < -0.3 is 10.8 Å². The standard InChI is InChI=1S/C16H14N2O2/c17-10-12-5-4-6-13(9-12)15(19)16(20,11-18)14-7-2-1-3-8-14/h1-9,20H,11,18H2. The third-order valence-electron chi connectivity index (χ3n) is 3.18. The van der Waals surface area contributed by atoms with Crippen molar-refractivity contribution in [3.05, 3.63) is 71.3 Å². The molecule has 0 spiro atoms. The Morgan fingerprint density at radius 2 is 1.90 bits per heavy atom. The van der Waals surface area contributed by atoms with Crippen molar-refractivity contribution in [1.82, 2.24) is 0 Å². The number of nitriles is 1. The van der Waals surface area contributed by atoms with Crippen molar-refractivity contribution in [2.45, 2.75) is 5.60 Å². The minimum absolute atomic E-state index is 0.230. The first kappa shape index (κ1) is 13.9. The normalized spacial score (nSPS) is 13.2. The summed E-state index contributed by atoms with van der Waals surface area (Å²) in [6.45, 7) is -0.230. The summed E-state index contributed by atoms with van der Waals surface area (Å²) in [6.07, 6.45) is 0. The summed E-state index contributed by atoms with van der Waals surface area (Å²) in [5.41, 5.74) is 4.90. The minimum Gasteiger partial charge on any atom is -0.376 e. The molecule has 2 rings (SSSR count). The number of hydrogen-bond acceptors (Lipinski definition) is 4. The van der Waals surface area contributed by atoms with E-state index in [0.717, 1.165) is 0 Å². The number of Topliss-reactive ketones (excluding diaryl/α,β-unsaturated/α-hetero) is 1. The Kier molecular flexibility index (Phi) is 3.94. The Balaban J connectivity index is 2.46. The molecule has 0 aliphatic carbocycles. The second-order valence-electron chi connectivity index (χ2n) is 4.45. The second-order valence-corrected chi connectivity index (χ2v) is 4.45. The van der Waals surface area contributed by atoms with Crippen LogP contribution in [-0.4, -0.2) is 17.4 Å². The molecular formula is C16H14N2O2. The van der Waals surface area contributed by atoms with E-state index in [-0.39, 0.29) is 12.1 Å². The first-order valence-corrected chi connectivity index (χ1v) is 6.15. The van der Waals surface area contributed by atoms with Gasteiger partial charge in [-0.25, -0.2) is 0 Å². The fraction of sp³-hybridized carbons (Fsp3) is 0.125. The van der Waals surface area contributed by atoms with Crippen molar-refractivity contribution < 1.29 is 9.90 Å². The maximum absolute atomic E-state index is 12.5. The number of nitrogens with two attached hydrogens (primary N) is 1. The summed E-state index contributed by atoms with van der Waals surface area (Å²) < 4.78 is 0. The molecule has 0 saturated carbocycles. The van der Waals surface area contributed by atoms with E-state index in [1.165, 1.54) is 6.07 Å². The van der Waals surface area contributed by atoms with Gasteiger partial charge >= 0.3 is 0 Å². The Morgan fingerprint density at radius 3 is 2.50 bits per heavy atom. The van der Waals surface area contributed by atoms with Crippen LogP contribution in [0.15, 0.2) is 54.6 Å². The Morgan fingerprint density at radius 1 is 1.20 bits per heavy atom. The molecule has 0 heterocycles. The molecule has 1 unspecified atom stereocenters. The van der Waals surface area contributed by atoms with E-state index in [2.05, 4.69) is 0 Å². The largest absolute Gasteiger partial charge is 0.376 e. The fourth-order valence-corrected chi connectivity index (χ4v) is 2.02. The van der Waals surface area contributed by atoms with Crippen LogP contribution in [0, 0.1) is 11.3 Å². The minimum atomic E-state index is -1.78. The molecule has 0 radical (unpaired) electrons. The lowest BCUT2D eigenvalue weighted by Gasteiger charge is -2.25. The molecule has 4 nitrogen and oxygen atoms in total. The molecule has 0 aromatic heterocycles. The van der Waals surface area contributed by atoms with Crippen LogP contribution < -0.4 is 5.73 Å². The highest BCUT2D eigenvalue weighted by Gasteiger charge is 2.37. The molecule has 100 valence electrons. The topological polar surface area (TPSA) is 87.1 Å². The van der Waals surface area contributed by atoms with Crippen LogP contribution in [0.4, 0.5) is 0 Å². The number of rotatable bonds is 4. The van der Waals surface area contributed by atoms with Gasteiger partial charge in [0.1, 0.15) is 0 Å². The van der Waals surface area contributed by atoms with Crippen molar-refractivity contribution in [1.29, 1.82) is 5.26 Å². The monoisotopic (exact) mass is 266 g/mol. The summed E-state index contributed by atoms with van der Waals surface area (Å²) >= 11 is 0. The molecule has 0 fully saturated rings. The first-order valence-electron chi connectivity index (χ1n) is 6.15. The predicted octanol–water partition coefficient (Wildman–Crippen LogP) is 1.59. The summed E-state index contributed by atoms with van der Waals surface area (Å²) in [6, 6.07) is 16.7. The van der Waals surface area contributed by atoms with Gasteiger partial charge in [-0.05, 0) is 17.7 Å². The van der Waals surface area contributed by atoms with Gasteiger partial charge in [0.2, 0.25) is 0 Å². The van der Waals surface area contributed by atoms with Gasteiger partial charge in [-0.2, -0.15) is 5.26 Å². The number of benzene rings is 2. The maximum Gasteiger partial charge on any atom is 0.200 e. The summed E-state index contributed by atoms with van der Waals surface area (Å²) in [5.74, 6) is -0.511. The van der Waals surface area contributed by atoms with E-state index in [4.69, 9.17) is 11.0 Å². The van der Waals surface area contributed by atoms with Crippen molar-refractivity contribution in [3.63, 3.8) is 0 Å². The van der Waals surface area contributed by atoms with Crippen molar-refractivity contribution in [3.8, 4) is 6.07 Å². The highest BCUT2D eigenvalue weighted by atomic mass is 16.3. The van der Waals surface area contributed by atoms with Crippen LogP contribution in [0.5, 0.6) is 0 Å². The molecule has 0 bridgehead atoms. The Hall–Kier alpha value is -2.48. The maximum atomic E-state index is 12.5. The SMILES string of the molecule is N#Cc1cccc(C(=O)C(O)(CN)c2ccccc2)c1. The molecule has 3 N–H and O–H groups in total. The van der Waals surface area contributed by atoms with E-state index in [1.54, 1.807) is 48.5 Å². The fourth-order valence-electron chi connectivity index (χ4n) is 2.02. The zero-order chi connectivity index (χ0) is 14.6. The van der Waals surface area contributed by atoms with Gasteiger partial charge in [-0.3, -0.25) is 4.79 Å². The van der Waals surface area contributed by atoms with Gasteiger partial charge in [0.25, 0.3) is 0 Å². The number of carbonyl (C=O) groups excluding carboxylic acids is 1. The first-order chi connectivity index (χ1) is 9.61. The Bertz CT molecular complexity index is 662. The predicted molar refractivity (Wildman–Crippen MR) is 74.9 cm³/mol. The summed E-state index contributed by atoms with van der Waals surface area (Å²) in [4.78, 5) is 12.5.